The molecule has 1 aromatic rings. The number of aryl methyl sites for hydroxylation is 1. The lowest BCUT2D eigenvalue weighted by Gasteiger charge is -2.24. The number of nitrogens with one attached hydrogen (secondary N) is 1. The minimum Gasteiger partial charge on any atom is -0.444 e. The van der Waals surface area contributed by atoms with Gasteiger partial charge in [0.15, 0.2) is 0 Å². The molecule has 0 bridgehead atoms. The lowest BCUT2D eigenvalue weighted by molar-refractivity contribution is 0.0288. The predicted molar refractivity (Wildman–Crippen MR) is 95.8 cm³/mol. The summed E-state index contributed by atoms with van der Waals surface area (Å²) in [6.45, 7) is 8.23. The second-order valence-electron chi connectivity index (χ2n) is 8.04. The van der Waals surface area contributed by atoms with E-state index in [9.17, 15) is 4.79 Å². The summed E-state index contributed by atoms with van der Waals surface area (Å²) >= 11 is 0. The summed E-state index contributed by atoms with van der Waals surface area (Å²) in [5, 5.41) is 3.69. The van der Waals surface area contributed by atoms with Gasteiger partial charge < -0.3 is 20.7 Å². The monoisotopic (exact) mass is 331 g/mol. The van der Waals surface area contributed by atoms with Crippen LogP contribution in [0.5, 0.6) is 0 Å². The smallest absolute Gasteiger partial charge is 0.410 e. The van der Waals surface area contributed by atoms with Crippen LogP contribution in [0, 0.1) is 5.92 Å². The molecule has 132 valence electrons. The summed E-state index contributed by atoms with van der Waals surface area (Å²) in [4.78, 5) is 14.0. The number of nitrogens with zero attached hydrogens (tertiary/aromatic N) is 1. The maximum Gasteiger partial charge on any atom is 0.410 e. The first-order chi connectivity index (χ1) is 11.3. The molecule has 3 rings (SSSR count). The van der Waals surface area contributed by atoms with Crippen LogP contribution in [0.4, 0.5) is 10.5 Å². The average molecular weight is 331 g/mol. The Kier molecular flexibility index (Phi) is 4.72. The normalized spacial score (nSPS) is 23.4. The number of benzene rings is 1. The molecule has 24 heavy (non-hydrogen) atoms. The van der Waals surface area contributed by atoms with Gasteiger partial charge in [0.05, 0.1) is 0 Å². The van der Waals surface area contributed by atoms with Crippen molar-refractivity contribution in [1.29, 1.82) is 0 Å². The van der Waals surface area contributed by atoms with Gasteiger partial charge in [0.25, 0.3) is 0 Å². The van der Waals surface area contributed by atoms with E-state index in [1.807, 2.05) is 31.7 Å². The zero-order chi connectivity index (χ0) is 17.3. The van der Waals surface area contributed by atoms with Gasteiger partial charge in [0.2, 0.25) is 0 Å². The molecular weight excluding hydrogens is 302 g/mol. The number of nitrogens with two attached hydrogens (primary N) is 1. The number of anilines is 1. The summed E-state index contributed by atoms with van der Waals surface area (Å²) in [5.41, 5.74) is 9.04. The second-order valence-corrected chi connectivity index (χ2v) is 8.04. The van der Waals surface area contributed by atoms with Gasteiger partial charge in [-0.25, -0.2) is 4.79 Å². The number of nitrogen functional groups attached to an aromatic ring is 1. The molecule has 1 aliphatic heterocycles. The Labute approximate surface area is 144 Å². The van der Waals surface area contributed by atoms with E-state index in [4.69, 9.17) is 10.5 Å². The molecule has 5 nitrogen and oxygen atoms in total. The predicted octanol–water partition coefficient (Wildman–Crippen LogP) is 3.10. The van der Waals surface area contributed by atoms with Crippen molar-refractivity contribution in [3.8, 4) is 0 Å². The van der Waals surface area contributed by atoms with Crippen LogP contribution in [0.3, 0.4) is 0 Å². The van der Waals surface area contributed by atoms with Crippen molar-refractivity contribution in [2.45, 2.75) is 51.7 Å². The Hall–Kier alpha value is -1.75. The molecule has 1 aliphatic carbocycles. The summed E-state index contributed by atoms with van der Waals surface area (Å²) in [6.07, 6.45) is 3.06. The quantitative estimate of drug-likeness (QED) is 0.835. The SMILES string of the molecule is CC(C)(C)OC(=O)N1CCC(CNC2CCc3cc(N)ccc32)C1. The number of carbonyl (C=O) groups is 1. The molecule has 0 radical (unpaired) electrons. The van der Waals surface area contributed by atoms with Gasteiger partial charge in [-0.2, -0.15) is 0 Å². The largest absolute Gasteiger partial charge is 0.444 e. The highest BCUT2D eigenvalue weighted by atomic mass is 16.6. The molecule has 1 fully saturated rings. The molecule has 0 spiro atoms. The van der Waals surface area contributed by atoms with Crippen molar-refractivity contribution >= 4 is 11.8 Å². The first-order valence-corrected chi connectivity index (χ1v) is 8.91. The van der Waals surface area contributed by atoms with Crippen molar-refractivity contribution in [1.82, 2.24) is 10.2 Å². The Bertz CT molecular complexity index is 609. The lowest BCUT2D eigenvalue weighted by atomic mass is 10.1. The van der Waals surface area contributed by atoms with Crippen molar-refractivity contribution in [3.63, 3.8) is 0 Å². The summed E-state index contributed by atoms with van der Waals surface area (Å²) in [6, 6.07) is 6.64. The Morgan fingerprint density at radius 2 is 2.17 bits per heavy atom. The van der Waals surface area contributed by atoms with E-state index in [2.05, 4.69) is 17.4 Å². The van der Waals surface area contributed by atoms with Gasteiger partial charge in [-0.05, 0) is 69.2 Å². The van der Waals surface area contributed by atoms with Crippen LogP contribution in [-0.2, 0) is 11.2 Å². The van der Waals surface area contributed by atoms with E-state index < -0.39 is 5.60 Å². The molecule has 2 unspecified atom stereocenters. The Morgan fingerprint density at radius 3 is 2.92 bits per heavy atom. The molecule has 3 N–H and O–H groups in total. The number of hydrogen-bond donors (Lipinski definition) is 2. The molecule has 1 amide bonds. The number of carbonyl (C=O) groups excluding carboxylic acids is 1. The van der Waals surface area contributed by atoms with E-state index in [1.165, 1.54) is 11.1 Å². The molecular formula is C19H29N3O2. The van der Waals surface area contributed by atoms with Gasteiger partial charge >= 0.3 is 6.09 Å². The summed E-state index contributed by atoms with van der Waals surface area (Å²) in [5.74, 6) is 0.496. The van der Waals surface area contributed by atoms with Crippen LogP contribution in [0.25, 0.3) is 0 Å². The first kappa shape index (κ1) is 17.1. The number of ether oxygens (including phenoxy) is 1. The molecule has 1 aromatic carbocycles. The topological polar surface area (TPSA) is 67.6 Å². The zero-order valence-corrected chi connectivity index (χ0v) is 15.0. The van der Waals surface area contributed by atoms with Gasteiger partial charge in [0, 0.05) is 31.4 Å². The van der Waals surface area contributed by atoms with Gasteiger partial charge in [-0.15, -0.1) is 0 Å². The van der Waals surface area contributed by atoms with Crippen LogP contribution in [0.15, 0.2) is 18.2 Å². The van der Waals surface area contributed by atoms with Crippen molar-refractivity contribution in [3.05, 3.63) is 29.3 Å². The van der Waals surface area contributed by atoms with Gasteiger partial charge in [0.1, 0.15) is 5.60 Å². The zero-order valence-electron chi connectivity index (χ0n) is 15.0. The maximum atomic E-state index is 12.1. The number of amides is 1. The number of rotatable bonds is 3. The molecule has 0 aromatic heterocycles. The standard InChI is InChI=1S/C19H29N3O2/c1-19(2,3)24-18(23)22-9-8-13(12-22)11-21-17-7-4-14-10-15(20)5-6-16(14)17/h5-6,10,13,17,21H,4,7-9,11-12,20H2,1-3H3. The van der Waals surface area contributed by atoms with Crippen molar-refractivity contribution in [2.75, 3.05) is 25.4 Å². The van der Waals surface area contributed by atoms with Crippen LogP contribution >= 0.6 is 0 Å². The fourth-order valence-corrected chi connectivity index (χ4v) is 3.65. The molecule has 5 heteroatoms. The second kappa shape index (κ2) is 6.63. The van der Waals surface area contributed by atoms with Gasteiger partial charge in [-0.3, -0.25) is 0 Å². The third-order valence-electron chi connectivity index (χ3n) is 4.84. The Balaban J connectivity index is 1.48. The molecule has 1 saturated heterocycles. The summed E-state index contributed by atoms with van der Waals surface area (Å²) < 4.78 is 5.46. The minimum absolute atomic E-state index is 0.188. The fraction of sp³-hybridized carbons (Fsp3) is 0.632. The molecule has 1 heterocycles. The van der Waals surface area contributed by atoms with Crippen molar-refractivity contribution in [2.24, 2.45) is 5.92 Å². The highest BCUT2D eigenvalue weighted by molar-refractivity contribution is 5.68. The highest BCUT2D eigenvalue weighted by Gasteiger charge is 2.30. The van der Waals surface area contributed by atoms with Crippen LogP contribution in [-0.4, -0.2) is 36.2 Å². The minimum atomic E-state index is -0.428. The highest BCUT2D eigenvalue weighted by Crippen LogP contribution is 2.32. The van der Waals surface area contributed by atoms with Gasteiger partial charge in [-0.1, -0.05) is 6.07 Å². The van der Waals surface area contributed by atoms with E-state index in [0.717, 1.165) is 44.6 Å². The third-order valence-corrected chi connectivity index (χ3v) is 4.84. The van der Waals surface area contributed by atoms with E-state index in [0.29, 0.717) is 12.0 Å². The maximum absolute atomic E-state index is 12.1. The first-order valence-electron chi connectivity index (χ1n) is 8.91. The van der Waals surface area contributed by atoms with E-state index >= 15 is 0 Å². The van der Waals surface area contributed by atoms with Crippen LogP contribution in [0.1, 0.15) is 50.8 Å². The van der Waals surface area contributed by atoms with E-state index in [-0.39, 0.29) is 6.09 Å². The van der Waals surface area contributed by atoms with Crippen molar-refractivity contribution < 1.29 is 9.53 Å². The van der Waals surface area contributed by atoms with E-state index in [1.54, 1.807) is 0 Å². The van der Waals surface area contributed by atoms with Crippen LogP contribution in [0.2, 0.25) is 0 Å². The van der Waals surface area contributed by atoms with Crippen LogP contribution < -0.4 is 11.1 Å². The Morgan fingerprint density at radius 1 is 1.38 bits per heavy atom. The molecule has 2 aliphatic rings. The number of fused-ring (bicyclic) bond motifs is 1. The number of likely N-dealkylation sites (tertiary alicyclic amines) is 1. The average Bonchev–Trinajstić information content (AvgIpc) is 3.09. The molecule has 2 atom stereocenters. The number of hydrogen-bond acceptors (Lipinski definition) is 4. The lowest BCUT2D eigenvalue weighted by Crippen LogP contribution is -2.36. The summed E-state index contributed by atoms with van der Waals surface area (Å²) in [7, 11) is 0. The third kappa shape index (κ3) is 4.01. The fourth-order valence-electron chi connectivity index (χ4n) is 3.65. The molecule has 0 saturated carbocycles.